The van der Waals surface area contributed by atoms with E-state index in [-0.39, 0.29) is 17.6 Å². The van der Waals surface area contributed by atoms with Crippen molar-refractivity contribution in [2.45, 2.75) is 25.4 Å². The molecule has 2 aromatic rings. The summed E-state index contributed by atoms with van der Waals surface area (Å²) in [5.74, 6) is -0.103. The van der Waals surface area contributed by atoms with Crippen molar-refractivity contribution < 1.29 is 19.4 Å². The Balaban J connectivity index is 1.57. The fourth-order valence-corrected chi connectivity index (χ4v) is 3.12. The summed E-state index contributed by atoms with van der Waals surface area (Å²) in [6.07, 6.45) is 1.72. The largest absolute Gasteiger partial charge is 0.496 e. The van der Waals surface area contributed by atoms with Crippen LogP contribution in [0, 0.1) is 0 Å². The standard InChI is InChI=1S/C19H20N2O4/c1-25-17-4-2-3-14-15(17)9-10-16(14)21-19(24)20-11-12-5-7-13(8-6-12)18(22)23/h2-8,16H,9-11H2,1H3,(H,22,23)(H2,20,21,24). The summed E-state index contributed by atoms with van der Waals surface area (Å²) in [5.41, 5.74) is 3.32. The number of fused-ring (bicyclic) bond motifs is 1. The number of urea groups is 1. The van der Waals surface area contributed by atoms with Crippen LogP contribution in [0.3, 0.4) is 0 Å². The second kappa shape index (κ2) is 7.25. The van der Waals surface area contributed by atoms with Crippen LogP contribution in [0.2, 0.25) is 0 Å². The molecule has 1 unspecified atom stereocenters. The molecule has 6 nitrogen and oxygen atoms in total. The Morgan fingerprint density at radius 2 is 1.96 bits per heavy atom. The molecule has 1 atom stereocenters. The summed E-state index contributed by atoms with van der Waals surface area (Å²) in [6.45, 7) is 0.337. The second-order valence-electron chi connectivity index (χ2n) is 5.95. The maximum atomic E-state index is 12.2. The Morgan fingerprint density at radius 1 is 1.20 bits per heavy atom. The molecule has 25 heavy (non-hydrogen) atoms. The molecule has 2 amide bonds. The minimum Gasteiger partial charge on any atom is -0.496 e. The van der Waals surface area contributed by atoms with Crippen LogP contribution >= 0.6 is 0 Å². The maximum absolute atomic E-state index is 12.2. The number of carbonyl (C=O) groups is 2. The van der Waals surface area contributed by atoms with Crippen molar-refractivity contribution in [3.63, 3.8) is 0 Å². The minimum absolute atomic E-state index is 0.0283. The lowest BCUT2D eigenvalue weighted by atomic mass is 10.1. The third kappa shape index (κ3) is 3.74. The quantitative estimate of drug-likeness (QED) is 0.781. The summed E-state index contributed by atoms with van der Waals surface area (Å²) >= 11 is 0. The van der Waals surface area contributed by atoms with Gasteiger partial charge < -0.3 is 20.5 Å². The van der Waals surface area contributed by atoms with Crippen LogP contribution < -0.4 is 15.4 Å². The van der Waals surface area contributed by atoms with Crippen molar-refractivity contribution in [2.24, 2.45) is 0 Å². The van der Waals surface area contributed by atoms with Crippen LogP contribution in [-0.2, 0) is 13.0 Å². The number of ether oxygens (including phenoxy) is 1. The van der Waals surface area contributed by atoms with E-state index < -0.39 is 5.97 Å². The first-order valence-electron chi connectivity index (χ1n) is 8.11. The summed E-state index contributed by atoms with van der Waals surface area (Å²) in [4.78, 5) is 23.0. The molecule has 0 bridgehead atoms. The molecule has 130 valence electrons. The molecule has 0 aromatic heterocycles. The van der Waals surface area contributed by atoms with Gasteiger partial charge in [-0.1, -0.05) is 24.3 Å². The van der Waals surface area contributed by atoms with E-state index in [2.05, 4.69) is 10.6 Å². The van der Waals surface area contributed by atoms with E-state index >= 15 is 0 Å². The number of hydrogen-bond acceptors (Lipinski definition) is 3. The second-order valence-corrected chi connectivity index (χ2v) is 5.95. The van der Waals surface area contributed by atoms with Gasteiger partial charge in [-0.15, -0.1) is 0 Å². The van der Waals surface area contributed by atoms with Crippen molar-refractivity contribution in [1.82, 2.24) is 10.6 Å². The Bertz CT molecular complexity index is 787. The molecule has 0 aliphatic heterocycles. The van der Waals surface area contributed by atoms with Gasteiger partial charge >= 0.3 is 12.0 Å². The van der Waals surface area contributed by atoms with E-state index in [1.807, 2.05) is 18.2 Å². The van der Waals surface area contributed by atoms with Gasteiger partial charge in [0.1, 0.15) is 5.75 Å². The smallest absolute Gasteiger partial charge is 0.335 e. The molecule has 3 N–H and O–H groups in total. The van der Waals surface area contributed by atoms with E-state index in [1.165, 1.54) is 12.1 Å². The van der Waals surface area contributed by atoms with Gasteiger partial charge in [0.15, 0.2) is 0 Å². The van der Waals surface area contributed by atoms with Crippen LogP contribution in [0.25, 0.3) is 0 Å². The molecular formula is C19H20N2O4. The first-order chi connectivity index (χ1) is 12.1. The molecular weight excluding hydrogens is 320 g/mol. The molecule has 1 aliphatic rings. The monoisotopic (exact) mass is 340 g/mol. The average Bonchev–Trinajstić information content (AvgIpc) is 3.03. The van der Waals surface area contributed by atoms with E-state index in [0.29, 0.717) is 6.54 Å². The molecule has 0 saturated heterocycles. The van der Waals surface area contributed by atoms with Gasteiger partial charge in [-0.05, 0) is 47.7 Å². The number of carbonyl (C=O) groups excluding carboxylic acids is 1. The van der Waals surface area contributed by atoms with Crippen molar-refractivity contribution in [3.8, 4) is 5.75 Å². The first kappa shape index (κ1) is 16.8. The molecule has 0 saturated carbocycles. The van der Waals surface area contributed by atoms with E-state index in [4.69, 9.17) is 9.84 Å². The number of carboxylic acid groups (broad SMARTS) is 1. The number of carboxylic acids is 1. The lowest BCUT2D eigenvalue weighted by Crippen LogP contribution is -2.36. The van der Waals surface area contributed by atoms with Crippen LogP contribution in [0.4, 0.5) is 4.79 Å². The highest BCUT2D eigenvalue weighted by Crippen LogP contribution is 2.36. The SMILES string of the molecule is COc1cccc2c1CCC2NC(=O)NCc1ccc(C(=O)O)cc1. The zero-order chi connectivity index (χ0) is 17.8. The van der Waals surface area contributed by atoms with Crippen molar-refractivity contribution in [3.05, 3.63) is 64.7 Å². The topological polar surface area (TPSA) is 87.7 Å². The van der Waals surface area contributed by atoms with Crippen LogP contribution in [0.15, 0.2) is 42.5 Å². The Labute approximate surface area is 145 Å². The van der Waals surface area contributed by atoms with Crippen molar-refractivity contribution >= 4 is 12.0 Å². The van der Waals surface area contributed by atoms with Gasteiger partial charge in [-0.3, -0.25) is 0 Å². The Morgan fingerprint density at radius 3 is 2.64 bits per heavy atom. The fraction of sp³-hybridized carbons (Fsp3) is 0.263. The van der Waals surface area contributed by atoms with Crippen molar-refractivity contribution in [1.29, 1.82) is 0 Å². The molecule has 0 spiro atoms. The molecule has 1 aliphatic carbocycles. The Kier molecular flexibility index (Phi) is 4.88. The predicted octanol–water partition coefficient (Wildman–Crippen LogP) is 2.88. The van der Waals surface area contributed by atoms with E-state index in [9.17, 15) is 9.59 Å². The minimum atomic E-state index is -0.965. The van der Waals surface area contributed by atoms with Crippen LogP contribution in [-0.4, -0.2) is 24.2 Å². The van der Waals surface area contributed by atoms with Gasteiger partial charge in [0.05, 0.1) is 18.7 Å². The number of rotatable bonds is 5. The Hall–Kier alpha value is -3.02. The molecule has 2 aromatic carbocycles. The van der Waals surface area contributed by atoms with Crippen LogP contribution in [0.5, 0.6) is 5.75 Å². The normalized spacial score (nSPS) is 15.3. The molecule has 6 heteroatoms. The molecule has 3 rings (SSSR count). The van der Waals surface area contributed by atoms with Gasteiger partial charge in [-0.2, -0.15) is 0 Å². The zero-order valence-electron chi connectivity index (χ0n) is 13.9. The fourth-order valence-electron chi connectivity index (χ4n) is 3.12. The van der Waals surface area contributed by atoms with Gasteiger partial charge in [0.2, 0.25) is 0 Å². The van der Waals surface area contributed by atoms with Gasteiger partial charge in [0.25, 0.3) is 0 Å². The van der Waals surface area contributed by atoms with Crippen molar-refractivity contribution in [2.75, 3.05) is 7.11 Å². The lowest BCUT2D eigenvalue weighted by molar-refractivity contribution is 0.0697. The number of hydrogen-bond donors (Lipinski definition) is 3. The predicted molar refractivity (Wildman–Crippen MR) is 92.8 cm³/mol. The molecule has 0 heterocycles. The van der Waals surface area contributed by atoms with Gasteiger partial charge in [0, 0.05) is 6.54 Å². The number of nitrogens with one attached hydrogen (secondary N) is 2. The highest BCUT2D eigenvalue weighted by Gasteiger charge is 2.26. The summed E-state index contributed by atoms with van der Waals surface area (Å²) < 4.78 is 5.37. The van der Waals surface area contributed by atoms with Crippen LogP contribution in [0.1, 0.15) is 39.5 Å². The van der Waals surface area contributed by atoms with E-state index in [1.54, 1.807) is 19.2 Å². The molecule has 0 radical (unpaired) electrons. The summed E-state index contributed by atoms with van der Waals surface area (Å²) in [6, 6.07) is 12.0. The number of aromatic carboxylic acids is 1. The third-order valence-corrected chi connectivity index (χ3v) is 4.41. The maximum Gasteiger partial charge on any atom is 0.335 e. The first-order valence-corrected chi connectivity index (χ1v) is 8.11. The number of amides is 2. The zero-order valence-corrected chi connectivity index (χ0v) is 13.9. The highest BCUT2D eigenvalue weighted by molar-refractivity contribution is 5.87. The third-order valence-electron chi connectivity index (χ3n) is 4.41. The van der Waals surface area contributed by atoms with Gasteiger partial charge in [-0.25, -0.2) is 9.59 Å². The number of benzene rings is 2. The summed E-state index contributed by atoms with van der Waals surface area (Å²) in [5, 5.41) is 14.7. The highest BCUT2D eigenvalue weighted by atomic mass is 16.5. The summed E-state index contributed by atoms with van der Waals surface area (Å²) in [7, 11) is 1.65. The number of methoxy groups -OCH3 is 1. The van der Waals surface area contributed by atoms with E-state index in [0.717, 1.165) is 35.3 Å². The lowest BCUT2D eigenvalue weighted by Gasteiger charge is -2.15. The molecule has 0 fully saturated rings. The average molecular weight is 340 g/mol.